The van der Waals surface area contributed by atoms with Gasteiger partial charge in [-0.15, -0.1) is 0 Å². The van der Waals surface area contributed by atoms with Crippen LogP contribution >= 0.6 is 27.5 Å². The highest BCUT2D eigenvalue weighted by atomic mass is 79.9. The van der Waals surface area contributed by atoms with E-state index in [1.54, 1.807) is 0 Å². The first kappa shape index (κ1) is 19.0. The van der Waals surface area contributed by atoms with Crippen LogP contribution in [-0.4, -0.2) is 16.9 Å². The number of benzene rings is 1. The van der Waals surface area contributed by atoms with Gasteiger partial charge in [0.2, 0.25) is 0 Å². The maximum atomic E-state index is 13.2. The summed E-state index contributed by atoms with van der Waals surface area (Å²) >= 11 is 4.64. The average Bonchev–Trinajstić information content (AvgIpc) is 2.52. The van der Waals surface area contributed by atoms with Crippen molar-refractivity contribution in [2.24, 2.45) is 0 Å². The zero-order valence-electron chi connectivity index (χ0n) is 13.4. The molecule has 0 atom stereocenters. The Morgan fingerprint density at radius 1 is 1.17 bits per heavy atom. The van der Waals surface area contributed by atoms with Gasteiger partial charge in [0.15, 0.2) is 7.12 Å². The van der Waals surface area contributed by atoms with E-state index >= 15 is 0 Å². The zero-order chi connectivity index (χ0) is 17.7. The van der Waals surface area contributed by atoms with E-state index in [2.05, 4.69) is 32.8 Å². The lowest BCUT2D eigenvalue weighted by atomic mass is 10.1. The number of pyridine rings is 1. The Morgan fingerprint density at radius 3 is 2.46 bits per heavy atom. The smallest absolute Gasteiger partial charge is 0.163 e. The second kappa shape index (κ2) is 8.18. The minimum absolute atomic E-state index is 0.353. The van der Waals surface area contributed by atoms with Gasteiger partial charge in [-0.05, 0) is 78.4 Å². The molecule has 1 heterocycles. The molecule has 2 radical (unpaired) electrons. The number of hydrogen-bond donors (Lipinski definition) is 0. The van der Waals surface area contributed by atoms with E-state index in [9.17, 15) is 8.78 Å². The number of nitrogens with zero attached hydrogens (tertiary/aromatic N) is 1. The van der Waals surface area contributed by atoms with Crippen molar-refractivity contribution >= 4 is 34.7 Å². The van der Waals surface area contributed by atoms with Gasteiger partial charge in [-0.2, -0.15) is 0 Å². The molecule has 2 aromatic rings. The maximum Gasteiger partial charge on any atom is 0.163 e. The van der Waals surface area contributed by atoms with Crippen molar-refractivity contribution in [3.63, 3.8) is 0 Å². The fraction of sp³-hybridized carbons (Fsp3) is 0.278. The lowest BCUT2D eigenvalue weighted by molar-refractivity contribution is 0.579. The highest BCUT2D eigenvalue weighted by molar-refractivity contribution is 9.10. The zero-order valence-corrected chi connectivity index (χ0v) is 15.8. The van der Waals surface area contributed by atoms with E-state index in [0.717, 1.165) is 16.2 Å². The molecule has 0 aliphatic carbocycles. The first-order chi connectivity index (χ1) is 11.3. The van der Waals surface area contributed by atoms with Crippen molar-refractivity contribution in [2.75, 3.05) is 0 Å². The van der Waals surface area contributed by atoms with Crippen molar-refractivity contribution < 1.29 is 8.78 Å². The predicted molar refractivity (Wildman–Crippen MR) is 100 cm³/mol. The Balaban J connectivity index is 2.17. The molecule has 0 fully saturated rings. The summed E-state index contributed by atoms with van der Waals surface area (Å²) < 4.78 is 27.0. The Bertz CT molecular complexity index is 779. The number of aromatic nitrogens is 1. The second-order valence-electron chi connectivity index (χ2n) is 5.78. The summed E-state index contributed by atoms with van der Waals surface area (Å²) in [6.07, 6.45) is 1.04. The monoisotopic (exact) mass is 405 g/mol. The molecule has 0 amide bonds. The van der Waals surface area contributed by atoms with Gasteiger partial charge in [0.05, 0.1) is 10.4 Å². The largest absolute Gasteiger partial charge is 0.243 e. The standard InChI is InChI=1S/C18H15BBrF2NS/c1-18(2,24-19)8-7-15-4-5-16(20)17(23-15)6-3-12-9-13(21)11-14(22)10-12/h4-5,9-11H,3,6H2,1-2H3. The van der Waals surface area contributed by atoms with Crippen molar-refractivity contribution in [3.05, 3.63) is 63.4 Å². The molecule has 0 unspecified atom stereocenters. The third kappa shape index (κ3) is 5.64. The van der Waals surface area contributed by atoms with Gasteiger partial charge in [0.1, 0.15) is 17.3 Å². The normalized spacial score (nSPS) is 11.0. The fourth-order valence-electron chi connectivity index (χ4n) is 1.99. The van der Waals surface area contributed by atoms with Crippen LogP contribution in [0.4, 0.5) is 8.78 Å². The molecule has 0 N–H and O–H groups in total. The Kier molecular flexibility index (Phi) is 6.48. The quantitative estimate of drug-likeness (QED) is 0.532. The SMILES string of the molecule is [B]SC(C)(C)C#Cc1ccc(Br)c(CCc2cc(F)cc(F)c2)n1. The van der Waals surface area contributed by atoms with Crippen LogP contribution < -0.4 is 0 Å². The molecule has 24 heavy (non-hydrogen) atoms. The summed E-state index contributed by atoms with van der Waals surface area (Å²) in [6.45, 7) is 3.87. The topological polar surface area (TPSA) is 12.9 Å². The van der Waals surface area contributed by atoms with E-state index in [4.69, 9.17) is 7.12 Å². The van der Waals surface area contributed by atoms with Crippen LogP contribution in [0.3, 0.4) is 0 Å². The summed E-state index contributed by atoms with van der Waals surface area (Å²) in [7, 11) is 5.59. The Morgan fingerprint density at radius 2 is 1.83 bits per heavy atom. The highest BCUT2D eigenvalue weighted by Gasteiger charge is 2.10. The second-order valence-corrected chi connectivity index (χ2v) is 7.89. The van der Waals surface area contributed by atoms with E-state index in [1.807, 2.05) is 26.0 Å². The van der Waals surface area contributed by atoms with Gasteiger partial charge >= 0.3 is 0 Å². The van der Waals surface area contributed by atoms with Crippen LogP contribution in [-0.2, 0) is 12.8 Å². The van der Waals surface area contributed by atoms with Crippen LogP contribution in [0.2, 0.25) is 0 Å². The summed E-state index contributed by atoms with van der Waals surface area (Å²) in [4.78, 5) is 4.51. The third-order valence-corrected chi connectivity index (χ3v) is 4.69. The molecule has 1 nitrogen and oxygen atoms in total. The van der Waals surface area contributed by atoms with Gasteiger partial charge in [-0.25, -0.2) is 25.4 Å². The minimum atomic E-state index is -0.571. The molecule has 0 bridgehead atoms. The Labute approximate surface area is 155 Å². The lowest BCUT2D eigenvalue weighted by Crippen LogP contribution is -2.10. The summed E-state index contributed by atoms with van der Waals surface area (Å²) in [5.41, 5.74) is 2.03. The van der Waals surface area contributed by atoms with Gasteiger partial charge in [0.25, 0.3) is 0 Å². The molecule has 0 saturated heterocycles. The van der Waals surface area contributed by atoms with Gasteiger partial charge < -0.3 is 0 Å². The van der Waals surface area contributed by atoms with Crippen LogP contribution in [0, 0.1) is 23.5 Å². The molecule has 0 saturated carbocycles. The van der Waals surface area contributed by atoms with Crippen LogP contribution in [0.15, 0.2) is 34.8 Å². The Hall–Kier alpha value is -1.32. The van der Waals surface area contributed by atoms with Crippen molar-refractivity contribution in [3.8, 4) is 11.8 Å². The number of halogens is 3. The number of hydrogen-bond acceptors (Lipinski definition) is 2. The summed E-state index contributed by atoms with van der Waals surface area (Å²) in [6, 6.07) is 7.23. The first-order valence-corrected chi connectivity index (χ1v) is 8.98. The molecule has 2 rings (SSSR count). The molecule has 0 spiro atoms. The average molecular weight is 406 g/mol. The van der Waals surface area contributed by atoms with Crippen LogP contribution in [0.1, 0.15) is 30.8 Å². The van der Waals surface area contributed by atoms with E-state index in [-0.39, 0.29) is 4.75 Å². The molecule has 0 aliphatic rings. The molecule has 122 valence electrons. The molecule has 0 aliphatic heterocycles. The molecular weight excluding hydrogens is 391 g/mol. The lowest BCUT2D eigenvalue weighted by Gasteiger charge is -2.13. The van der Waals surface area contributed by atoms with Crippen molar-refractivity contribution in [2.45, 2.75) is 31.4 Å². The molecule has 1 aromatic carbocycles. The van der Waals surface area contributed by atoms with Crippen LogP contribution in [0.5, 0.6) is 0 Å². The number of rotatable bonds is 4. The summed E-state index contributed by atoms with van der Waals surface area (Å²) in [5.74, 6) is 4.95. The van der Waals surface area contributed by atoms with Crippen LogP contribution in [0.25, 0.3) is 0 Å². The van der Waals surface area contributed by atoms with Crippen molar-refractivity contribution in [1.29, 1.82) is 0 Å². The van der Waals surface area contributed by atoms with E-state index < -0.39 is 11.6 Å². The minimum Gasteiger partial charge on any atom is -0.243 e. The number of aryl methyl sites for hydroxylation is 2. The van der Waals surface area contributed by atoms with E-state index in [1.165, 1.54) is 23.7 Å². The maximum absolute atomic E-state index is 13.2. The van der Waals surface area contributed by atoms with Gasteiger partial charge in [-0.3, -0.25) is 0 Å². The fourth-order valence-corrected chi connectivity index (χ4v) is 2.52. The van der Waals surface area contributed by atoms with E-state index in [0.29, 0.717) is 24.1 Å². The third-order valence-electron chi connectivity index (χ3n) is 3.28. The van der Waals surface area contributed by atoms with Gasteiger partial charge in [-0.1, -0.05) is 5.92 Å². The molecule has 1 aromatic heterocycles. The van der Waals surface area contributed by atoms with Gasteiger partial charge in [0, 0.05) is 10.5 Å². The molecule has 6 heteroatoms. The first-order valence-electron chi connectivity index (χ1n) is 7.30. The summed E-state index contributed by atoms with van der Waals surface area (Å²) in [5, 5.41) is 0. The highest BCUT2D eigenvalue weighted by Crippen LogP contribution is 2.20. The van der Waals surface area contributed by atoms with Crippen molar-refractivity contribution in [1.82, 2.24) is 4.98 Å². The molecular formula is C18H15BBrF2NS. The predicted octanol–water partition coefficient (Wildman–Crippen LogP) is 4.85.